The average molecular weight is 315 g/mol. The molecule has 0 saturated heterocycles. The maximum Gasteiger partial charge on any atom is 0.320 e. The molecule has 1 N–H and O–H groups in total. The molecule has 23 heavy (non-hydrogen) atoms. The Balaban J connectivity index is 1.88. The maximum absolute atomic E-state index is 13.5. The van der Waals surface area contributed by atoms with Crippen LogP contribution in [0.25, 0.3) is 22.3 Å². The molecule has 118 valence electrons. The molecule has 0 amide bonds. The fourth-order valence-corrected chi connectivity index (χ4v) is 3.09. The molecule has 1 aliphatic rings. The number of hydrogen-bond donors (Lipinski definition) is 1. The number of phenols is 1. The van der Waals surface area contributed by atoms with Gasteiger partial charge in [-0.1, -0.05) is 18.6 Å². The van der Waals surface area contributed by atoms with Gasteiger partial charge in [0.05, 0.1) is 5.69 Å². The van der Waals surface area contributed by atoms with Gasteiger partial charge in [0.25, 0.3) is 0 Å². The van der Waals surface area contributed by atoms with Crippen molar-refractivity contribution in [2.45, 2.75) is 31.7 Å². The summed E-state index contributed by atoms with van der Waals surface area (Å²) in [5.74, 6) is 0.264. The normalized spacial score (nSPS) is 15.3. The third-order valence-electron chi connectivity index (χ3n) is 4.51. The zero-order valence-corrected chi connectivity index (χ0v) is 12.3. The molecule has 4 rings (SSSR count). The Morgan fingerprint density at radius 2 is 1.91 bits per heavy atom. The summed E-state index contributed by atoms with van der Waals surface area (Å²) in [4.78, 5) is 0. The van der Waals surface area contributed by atoms with E-state index in [9.17, 15) is 13.9 Å². The fraction of sp³-hybridized carbons (Fsp3) is 0.294. The van der Waals surface area contributed by atoms with Crippen molar-refractivity contribution in [2.24, 2.45) is 0 Å². The Kier molecular flexibility index (Phi) is 3.25. The van der Waals surface area contributed by atoms with Gasteiger partial charge in [0, 0.05) is 16.6 Å². The van der Waals surface area contributed by atoms with Crippen LogP contribution < -0.4 is 0 Å². The first-order chi connectivity index (χ1) is 11.1. The Labute approximate surface area is 131 Å². The highest BCUT2D eigenvalue weighted by molar-refractivity contribution is 5.82. The first kappa shape index (κ1) is 14.1. The van der Waals surface area contributed by atoms with Crippen molar-refractivity contribution in [2.75, 3.05) is 0 Å². The van der Waals surface area contributed by atoms with E-state index in [1.165, 1.54) is 0 Å². The van der Waals surface area contributed by atoms with Crippen molar-refractivity contribution in [3.63, 3.8) is 0 Å². The minimum absolute atomic E-state index is 0.0914. The van der Waals surface area contributed by atoms with E-state index >= 15 is 0 Å². The molecule has 2 aromatic heterocycles. The summed E-state index contributed by atoms with van der Waals surface area (Å²) in [7, 11) is 0. The second kappa shape index (κ2) is 5.30. The molecule has 2 heterocycles. The van der Waals surface area contributed by atoms with Gasteiger partial charge in [-0.15, -0.1) is 10.2 Å². The van der Waals surface area contributed by atoms with E-state index in [2.05, 4.69) is 10.2 Å². The monoisotopic (exact) mass is 315 g/mol. The molecular weight excluding hydrogens is 300 g/mol. The molecule has 1 aliphatic carbocycles. The first-order valence-corrected chi connectivity index (χ1v) is 7.60. The van der Waals surface area contributed by atoms with E-state index in [0.717, 1.165) is 23.8 Å². The summed E-state index contributed by atoms with van der Waals surface area (Å²) in [6, 6.07) is 10.3. The highest BCUT2D eigenvalue weighted by atomic mass is 19.3. The molecule has 1 aromatic carbocycles. The third-order valence-corrected chi connectivity index (χ3v) is 4.51. The zero-order valence-electron chi connectivity index (χ0n) is 12.3. The van der Waals surface area contributed by atoms with Crippen molar-refractivity contribution in [3.05, 3.63) is 42.1 Å². The predicted octanol–water partition coefficient (Wildman–Crippen LogP) is 4.47. The molecule has 6 heteroatoms. The highest BCUT2D eigenvalue weighted by Gasteiger charge is 2.28. The van der Waals surface area contributed by atoms with Crippen LogP contribution in [-0.2, 0) is 0 Å². The third kappa shape index (κ3) is 2.25. The lowest BCUT2D eigenvalue weighted by molar-refractivity contribution is 0.0688. The highest BCUT2D eigenvalue weighted by Crippen LogP contribution is 2.40. The van der Waals surface area contributed by atoms with E-state index in [4.69, 9.17) is 0 Å². The van der Waals surface area contributed by atoms with Gasteiger partial charge in [-0.3, -0.25) is 4.57 Å². The SMILES string of the molecule is Oc1ccccc1-c1cc2cc(C3CCC3)n(C(F)F)c2nn1. The van der Waals surface area contributed by atoms with E-state index in [1.807, 2.05) is 0 Å². The molecule has 0 bridgehead atoms. The van der Waals surface area contributed by atoms with Crippen LogP contribution in [0.4, 0.5) is 8.78 Å². The number of aromatic nitrogens is 3. The molecule has 0 unspecified atom stereocenters. The number of fused-ring (bicyclic) bond motifs is 1. The molecule has 0 aliphatic heterocycles. The van der Waals surface area contributed by atoms with Crippen molar-refractivity contribution < 1.29 is 13.9 Å². The van der Waals surface area contributed by atoms with E-state index < -0.39 is 6.55 Å². The molecule has 0 spiro atoms. The van der Waals surface area contributed by atoms with Crippen LogP contribution in [0.2, 0.25) is 0 Å². The smallest absolute Gasteiger partial charge is 0.320 e. The van der Waals surface area contributed by atoms with Gasteiger partial charge >= 0.3 is 6.55 Å². The molecule has 1 saturated carbocycles. The number of hydrogen-bond acceptors (Lipinski definition) is 3. The van der Waals surface area contributed by atoms with E-state index in [-0.39, 0.29) is 17.3 Å². The summed E-state index contributed by atoms with van der Waals surface area (Å²) in [6.45, 7) is -2.63. The number of rotatable bonds is 3. The first-order valence-electron chi connectivity index (χ1n) is 7.60. The molecule has 0 atom stereocenters. The van der Waals surface area contributed by atoms with Gasteiger partial charge in [-0.05, 0) is 43.0 Å². The van der Waals surface area contributed by atoms with Crippen LogP contribution in [0.3, 0.4) is 0 Å². The van der Waals surface area contributed by atoms with Crippen LogP contribution in [0, 0.1) is 0 Å². The summed E-state index contributed by atoms with van der Waals surface area (Å²) in [6.07, 6.45) is 2.94. The number of benzene rings is 1. The minimum atomic E-state index is -2.63. The summed E-state index contributed by atoms with van der Waals surface area (Å²) in [5, 5.41) is 18.6. The lowest BCUT2D eigenvalue weighted by atomic mass is 9.83. The quantitative estimate of drug-likeness (QED) is 0.776. The topological polar surface area (TPSA) is 50.9 Å². The van der Waals surface area contributed by atoms with Crippen LogP contribution in [-0.4, -0.2) is 19.9 Å². The lowest BCUT2D eigenvalue weighted by Gasteiger charge is -2.26. The van der Waals surface area contributed by atoms with Crippen molar-refractivity contribution in [1.82, 2.24) is 14.8 Å². The van der Waals surface area contributed by atoms with Crippen LogP contribution in [0.1, 0.15) is 37.4 Å². The van der Waals surface area contributed by atoms with Gasteiger partial charge in [0.2, 0.25) is 0 Å². The zero-order chi connectivity index (χ0) is 16.0. The second-order valence-electron chi connectivity index (χ2n) is 5.87. The lowest BCUT2D eigenvalue weighted by Crippen LogP contribution is -2.15. The van der Waals surface area contributed by atoms with Crippen molar-refractivity contribution in [3.8, 4) is 17.0 Å². The predicted molar refractivity (Wildman–Crippen MR) is 82.5 cm³/mol. The van der Waals surface area contributed by atoms with Crippen LogP contribution in [0.5, 0.6) is 5.75 Å². The van der Waals surface area contributed by atoms with E-state index in [1.54, 1.807) is 36.4 Å². The summed E-state index contributed by atoms with van der Waals surface area (Å²) >= 11 is 0. The maximum atomic E-state index is 13.5. The van der Waals surface area contributed by atoms with Crippen molar-refractivity contribution >= 4 is 11.0 Å². The Morgan fingerprint density at radius 3 is 2.57 bits per heavy atom. The number of halogens is 2. The summed E-state index contributed by atoms with van der Waals surface area (Å²) < 4.78 is 27.9. The standard InChI is InChI=1S/C17H15F2N3O/c18-17(19)22-14(10-4-3-5-10)9-11-8-13(20-21-16(11)22)12-6-1-2-7-15(12)23/h1-2,6-10,17,23H,3-5H2. The Bertz CT molecular complexity index is 871. The molecular formula is C17H15F2N3O. The molecule has 1 fully saturated rings. The number of para-hydroxylation sites is 1. The van der Waals surface area contributed by atoms with Gasteiger partial charge in [-0.25, -0.2) is 0 Å². The summed E-state index contributed by atoms with van der Waals surface area (Å²) in [5.41, 5.74) is 1.84. The second-order valence-corrected chi connectivity index (χ2v) is 5.87. The fourth-order valence-electron chi connectivity index (χ4n) is 3.09. The molecule has 0 radical (unpaired) electrons. The van der Waals surface area contributed by atoms with Crippen LogP contribution in [0.15, 0.2) is 36.4 Å². The Morgan fingerprint density at radius 1 is 1.13 bits per heavy atom. The van der Waals surface area contributed by atoms with Gasteiger partial charge in [-0.2, -0.15) is 8.78 Å². The average Bonchev–Trinajstić information content (AvgIpc) is 2.83. The number of phenolic OH excluding ortho intramolecular Hbond substituents is 1. The largest absolute Gasteiger partial charge is 0.507 e. The van der Waals surface area contributed by atoms with Gasteiger partial charge < -0.3 is 5.11 Å². The van der Waals surface area contributed by atoms with Gasteiger partial charge in [0.1, 0.15) is 5.75 Å². The molecule has 3 aromatic rings. The van der Waals surface area contributed by atoms with Crippen LogP contribution >= 0.6 is 0 Å². The number of aromatic hydroxyl groups is 1. The number of alkyl halides is 2. The minimum Gasteiger partial charge on any atom is -0.507 e. The molecule has 4 nitrogen and oxygen atoms in total. The number of nitrogens with zero attached hydrogens (tertiary/aromatic N) is 3. The van der Waals surface area contributed by atoms with Crippen molar-refractivity contribution in [1.29, 1.82) is 0 Å². The Hall–Kier alpha value is -2.50. The van der Waals surface area contributed by atoms with Gasteiger partial charge in [0.15, 0.2) is 5.65 Å². The van der Waals surface area contributed by atoms with E-state index in [0.29, 0.717) is 22.3 Å².